The summed E-state index contributed by atoms with van der Waals surface area (Å²) in [6.45, 7) is 1.61. The summed E-state index contributed by atoms with van der Waals surface area (Å²) in [6, 6.07) is 13.5. The number of esters is 1. The zero-order valence-corrected chi connectivity index (χ0v) is 11.5. The lowest BCUT2D eigenvalue weighted by Gasteiger charge is -2.09. The van der Waals surface area contributed by atoms with Crippen molar-refractivity contribution < 1.29 is 19.4 Å². The van der Waals surface area contributed by atoms with Crippen molar-refractivity contribution in [1.82, 2.24) is 5.32 Å². The van der Waals surface area contributed by atoms with Gasteiger partial charge in [0, 0.05) is 13.5 Å². The van der Waals surface area contributed by atoms with Crippen LogP contribution in [0.4, 0.5) is 0 Å². The minimum atomic E-state index is -0.490. The third-order valence-electron chi connectivity index (χ3n) is 2.77. The van der Waals surface area contributed by atoms with E-state index in [2.05, 4.69) is 5.32 Å². The lowest BCUT2D eigenvalue weighted by molar-refractivity contribution is -0.131. The molecule has 5 heteroatoms. The van der Waals surface area contributed by atoms with Crippen LogP contribution >= 0.6 is 0 Å². The third kappa shape index (κ3) is 4.07. The lowest BCUT2D eigenvalue weighted by atomic mass is 10.1. The van der Waals surface area contributed by atoms with E-state index in [1.165, 1.54) is 25.1 Å². The average Bonchev–Trinajstić information content (AvgIpc) is 2.47. The van der Waals surface area contributed by atoms with Gasteiger partial charge in [0.2, 0.25) is 0 Å². The van der Waals surface area contributed by atoms with Gasteiger partial charge in [-0.15, -0.1) is 0 Å². The number of aromatic hydroxyl groups is 1. The molecule has 0 saturated carbocycles. The number of hydrogen-bond donors (Lipinski definition) is 2. The van der Waals surface area contributed by atoms with E-state index >= 15 is 0 Å². The van der Waals surface area contributed by atoms with Crippen LogP contribution in [0.2, 0.25) is 0 Å². The summed E-state index contributed by atoms with van der Waals surface area (Å²) in [5.41, 5.74) is 1.01. The van der Waals surface area contributed by atoms with Crippen molar-refractivity contribution in [2.24, 2.45) is 0 Å². The molecule has 21 heavy (non-hydrogen) atoms. The van der Waals surface area contributed by atoms with Crippen LogP contribution in [0.15, 0.2) is 48.5 Å². The van der Waals surface area contributed by atoms with Crippen molar-refractivity contribution in [2.45, 2.75) is 13.5 Å². The molecular formula is C16H15NO4. The number of ether oxygens (including phenoxy) is 1. The van der Waals surface area contributed by atoms with Crippen LogP contribution in [-0.2, 0) is 11.3 Å². The van der Waals surface area contributed by atoms with E-state index < -0.39 is 11.9 Å². The van der Waals surface area contributed by atoms with Gasteiger partial charge in [0.25, 0.3) is 5.91 Å². The SMILES string of the molecule is CC(=O)Oc1ccc(O)c(C(=O)NCc2ccccc2)c1. The summed E-state index contributed by atoms with van der Waals surface area (Å²) in [6.07, 6.45) is 0. The molecule has 0 aliphatic heterocycles. The first kappa shape index (κ1) is 14.6. The maximum absolute atomic E-state index is 12.1. The Morgan fingerprint density at radius 1 is 1.14 bits per heavy atom. The van der Waals surface area contributed by atoms with Gasteiger partial charge in [-0.05, 0) is 23.8 Å². The Bertz CT molecular complexity index is 653. The molecule has 2 aromatic rings. The van der Waals surface area contributed by atoms with E-state index in [-0.39, 0.29) is 17.1 Å². The van der Waals surface area contributed by atoms with E-state index in [1.807, 2.05) is 30.3 Å². The summed E-state index contributed by atoms with van der Waals surface area (Å²) >= 11 is 0. The molecule has 108 valence electrons. The number of carbonyl (C=O) groups is 2. The second-order valence-corrected chi connectivity index (χ2v) is 4.44. The van der Waals surface area contributed by atoms with Crippen LogP contribution < -0.4 is 10.1 Å². The number of rotatable bonds is 4. The average molecular weight is 285 g/mol. The van der Waals surface area contributed by atoms with Gasteiger partial charge in [0.05, 0.1) is 5.56 Å². The van der Waals surface area contributed by atoms with Gasteiger partial charge >= 0.3 is 5.97 Å². The third-order valence-corrected chi connectivity index (χ3v) is 2.77. The van der Waals surface area contributed by atoms with Crippen molar-refractivity contribution in [3.63, 3.8) is 0 Å². The molecule has 0 spiro atoms. The second kappa shape index (κ2) is 6.56. The Kier molecular flexibility index (Phi) is 4.56. The van der Waals surface area contributed by atoms with Crippen LogP contribution in [0.5, 0.6) is 11.5 Å². The number of phenolic OH excluding ortho intramolecular Hbond substituents is 1. The lowest BCUT2D eigenvalue weighted by Crippen LogP contribution is -2.23. The summed E-state index contributed by atoms with van der Waals surface area (Å²) in [5, 5.41) is 12.4. The molecule has 0 radical (unpaired) electrons. The predicted molar refractivity (Wildman–Crippen MR) is 77.0 cm³/mol. The Balaban J connectivity index is 2.09. The van der Waals surface area contributed by atoms with E-state index in [9.17, 15) is 14.7 Å². The molecule has 0 fully saturated rings. The molecule has 0 bridgehead atoms. The molecule has 0 heterocycles. The molecule has 0 aliphatic carbocycles. The molecule has 2 N–H and O–H groups in total. The van der Waals surface area contributed by atoms with Gasteiger partial charge in [0.1, 0.15) is 11.5 Å². The van der Waals surface area contributed by atoms with Gasteiger partial charge in [-0.3, -0.25) is 9.59 Å². The topological polar surface area (TPSA) is 75.6 Å². The molecule has 0 unspecified atom stereocenters. The molecule has 5 nitrogen and oxygen atoms in total. The quantitative estimate of drug-likeness (QED) is 0.667. The highest BCUT2D eigenvalue weighted by Crippen LogP contribution is 2.23. The summed E-state index contributed by atoms with van der Waals surface area (Å²) in [7, 11) is 0. The van der Waals surface area contributed by atoms with Crippen LogP contribution in [0, 0.1) is 0 Å². The smallest absolute Gasteiger partial charge is 0.308 e. The van der Waals surface area contributed by atoms with Crippen LogP contribution in [0.3, 0.4) is 0 Å². The van der Waals surface area contributed by atoms with Crippen molar-refractivity contribution >= 4 is 11.9 Å². The van der Waals surface area contributed by atoms with Crippen molar-refractivity contribution in [2.75, 3.05) is 0 Å². The summed E-state index contributed by atoms with van der Waals surface area (Å²) in [4.78, 5) is 23.0. The highest BCUT2D eigenvalue weighted by atomic mass is 16.5. The van der Waals surface area contributed by atoms with Gasteiger partial charge in [-0.2, -0.15) is 0 Å². The predicted octanol–water partition coefficient (Wildman–Crippen LogP) is 2.25. The molecule has 2 aromatic carbocycles. The zero-order chi connectivity index (χ0) is 15.2. The van der Waals surface area contributed by atoms with E-state index in [4.69, 9.17) is 4.74 Å². The summed E-state index contributed by atoms with van der Waals surface area (Å²) < 4.78 is 4.89. The molecule has 0 saturated heterocycles. The highest BCUT2D eigenvalue weighted by molar-refractivity contribution is 5.97. The van der Waals surface area contributed by atoms with E-state index in [0.717, 1.165) is 5.56 Å². The molecule has 0 aromatic heterocycles. The standard InChI is InChI=1S/C16H15NO4/c1-11(18)21-13-7-8-15(19)14(9-13)16(20)17-10-12-5-3-2-4-6-12/h2-9,19H,10H2,1H3,(H,17,20). The summed E-state index contributed by atoms with van der Waals surface area (Å²) in [5.74, 6) is -0.886. The maximum Gasteiger partial charge on any atom is 0.308 e. The first-order chi connectivity index (χ1) is 10.1. The van der Waals surface area contributed by atoms with Crippen molar-refractivity contribution in [3.05, 3.63) is 59.7 Å². The Morgan fingerprint density at radius 2 is 1.86 bits per heavy atom. The largest absolute Gasteiger partial charge is 0.507 e. The van der Waals surface area contributed by atoms with Gasteiger partial charge in [-0.25, -0.2) is 0 Å². The Labute approximate surface area is 122 Å². The fourth-order valence-corrected chi connectivity index (χ4v) is 1.80. The maximum atomic E-state index is 12.1. The van der Waals surface area contributed by atoms with Gasteiger partial charge in [0.15, 0.2) is 0 Å². The fourth-order valence-electron chi connectivity index (χ4n) is 1.80. The van der Waals surface area contributed by atoms with Crippen molar-refractivity contribution in [1.29, 1.82) is 0 Å². The number of nitrogens with one attached hydrogen (secondary N) is 1. The number of benzene rings is 2. The Morgan fingerprint density at radius 3 is 2.52 bits per heavy atom. The number of hydrogen-bond acceptors (Lipinski definition) is 4. The van der Waals surface area contributed by atoms with Crippen LogP contribution in [0.25, 0.3) is 0 Å². The Hall–Kier alpha value is -2.82. The number of phenols is 1. The monoisotopic (exact) mass is 285 g/mol. The molecule has 1 amide bonds. The highest BCUT2D eigenvalue weighted by Gasteiger charge is 2.13. The number of carbonyl (C=O) groups excluding carboxylic acids is 2. The molecular weight excluding hydrogens is 270 g/mol. The molecule has 0 atom stereocenters. The second-order valence-electron chi connectivity index (χ2n) is 4.44. The minimum Gasteiger partial charge on any atom is -0.507 e. The van der Waals surface area contributed by atoms with E-state index in [0.29, 0.717) is 6.54 Å². The minimum absolute atomic E-state index is 0.0599. The van der Waals surface area contributed by atoms with Crippen LogP contribution in [0.1, 0.15) is 22.8 Å². The fraction of sp³-hybridized carbons (Fsp3) is 0.125. The first-order valence-electron chi connectivity index (χ1n) is 6.40. The van der Waals surface area contributed by atoms with Crippen molar-refractivity contribution in [3.8, 4) is 11.5 Å². The molecule has 0 aliphatic rings. The normalized spacial score (nSPS) is 9.95. The number of amides is 1. The molecule has 2 rings (SSSR count). The van der Waals surface area contributed by atoms with Gasteiger partial charge < -0.3 is 15.2 Å². The van der Waals surface area contributed by atoms with E-state index in [1.54, 1.807) is 0 Å². The van der Waals surface area contributed by atoms with Gasteiger partial charge in [-0.1, -0.05) is 30.3 Å². The first-order valence-corrected chi connectivity index (χ1v) is 6.40. The zero-order valence-electron chi connectivity index (χ0n) is 11.5. The van der Waals surface area contributed by atoms with Crippen LogP contribution in [-0.4, -0.2) is 17.0 Å².